The highest BCUT2D eigenvalue weighted by atomic mass is 16.5. The van der Waals surface area contributed by atoms with Crippen molar-refractivity contribution in [1.29, 1.82) is 0 Å². The molecule has 0 amide bonds. The van der Waals surface area contributed by atoms with Gasteiger partial charge in [0, 0.05) is 0 Å². The minimum atomic E-state index is 1.01. The summed E-state index contributed by atoms with van der Waals surface area (Å²) in [5, 5.41) is 0. The summed E-state index contributed by atoms with van der Waals surface area (Å²) in [6, 6.07) is 0. The molecular formula is C9H14O. The lowest BCUT2D eigenvalue weighted by Crippen LogP contribution is -1.85. The maximum absolute atomic E-state index is 5.10. The zero-order chi connectivity index (χ0) is 7.23. The number of methoxy groups -OCH3 is 1. The lowest BCUT2D eigenvalue weighted by atomic mass is 10.1. The van der Waals surface area contributed by atoms with Gasteiger partial charge < -0.3 is 4.74 Å². The largest absolute Gasteiger partial charge is 0.497 e. The Labute approximate surface area is 62.4 Å². The van der Waals surface area contributed by atoms with Crippen LogP contribution in [0.15, 0.2) is 24.0 Å². The monoisotopic (exact) mass is 138 g/mol. The maximum Gasteiger partial charge on any atom is 0.114 e. The number of hydrogen-bond acceptors (Lipinski definition) is 1. The van der Waals surface area contributed by atoms with Crippen LogP contribution in [0.5, 0.6) is 0 Å². The van der Waals surface area contributed by atoms with Crippen molar-refractivity contribution in [3.8, 4) is 0 Å². The molecule has 0 atom stereocenters. The van der Waals surface area contributed by atoms with Crippen LogP contribution in [-0.2, 0) is 4.74 Å². The van der Waals surface area contributed by atoms with E-state index in [1.54, 1.807) is 7.11 Å². The van der Waals surface area contributed by atoms with Crippen molar-refractivity contribution in [3.05, 3.63) is 24.0 Å². The average Bonchev–Trinajstić information content (AvgIpc) is 1.87. The van der Waals surface area contributed by atoms with Crippen LogP contribution in [0.4, 0.5) is 0 Å². The third-order valence-electron chi connectivity index (χ3n) is 1.69. The molecule has 0 bridgehead atoms. The lowest BCUT2D eigenvalue weighted by Gasteiger charge is -2.03. The van der Waals surface area contributed by atoms with Crippen LogP contribution in [0.2, 0.25) is 0 Å². The van der Waals surface area contributed by atoms with Crippen LogP contribution in [0.25, 0.3) is 0 Å². The van der Waals surface area contributed by atoms with Gasteiger partial charge in [0.1, 0.15) is 5.76 Å². The van der Waals surface area contributed by atoms with Crippen LogP contribution in [0.3, 0.4) is 0 Å². The van der Waals surface area contributed by atoms with Gasteiger partial charge in [0.05, 0.1) is 7.11 Å². The van der Waals surface area contributed by atoms with Gasteiger partial charge in [-0.05, 0) is 37.8 Å². The average molecular weight is 138 g/mol. The smallest absolute Gasteiger partial charge is 0.114 e. The molecule has 0 N–H and O–H groups in total. The summed E-state index contributed by atoms with van der Waals surface area (Å²) in [4.78, 5) is 0. The number of hydrogen-bond donors (Lipinski definition) is 0. The second kappa shape index (κ2) is 4.15. The zero-order valence-electron chi connectivity index (χ0n) is 6.47. The van der Waals surface area contributed by atoms with Gasteiger partial charge in [-0.3, -0.25) is 0 Å². The quantitative estimate of drug-likeness (QED) is 0.541. The molecule has 10 heavy (non-hydrogen) atoms. The molecule has 0 radical (unpaired) electrons. The number of rotatable bonds is 1. The molecule has 0 unspecified atom stereocenters. The summed E-state index contributed by atoms with van der Waals surface area (Å²) in [5.41, 5.74) is 0. The molecule has 1 nitrogen and oxygen atoms in total. The number of ether oxygens (including phenoxy) is 1. The summed E-state index contributed by atoms with van der Waals surface area (Å²) in [5.74, 6) is 1.01. The van der Waals surface area contributed by atoms with Crippen molar-refractivity contribution in [2.24, 2.45) is 0 Å². The Bertz CT molecular complexity index is 145. The maximum atomic E-state index is 5.10. The summed E-state index contributed by atoms with van der Waals surface area (Å²) < 4.78 is 5.10. The first-order valence-electron chi connectivity index (χ1n) is 3.84. The molecule has 0 aliphatic heterocycles. The molecule has 0 spiro atoms. The number of allylic oxidation sites excluding steroid dienone is 3. The van der Waals surface area contributed by atoms with E-state index in [0.29, 0.717) is 0 Å². The van der Waals surface area contributed by atoms with Crippen LogP contribution < -0.4 is 0 Å². The Kier molecular flexibility index (Phi) is 3.07. The van der Waals surface area contributed by atoms with E-state index in [9.17, 15) is 0 Å². The summed E-state index contributed by atoms with van der Waals surface area (Å²) in [6.45, 7) is 0. The van der Waals surface area contributed by atoms with Gasteiger partial charge in [0.2, 0.25) is 0 Å². The van der Waals surface area contributed by atoms with Crippen molar-refractivity contribution in [3.63, 3.8) is 0 Å². The standard InChI is InChI=1S/C9H14O/c1-10-9-7-5-3-2-4-6-8-9/h5,7-8H,2-4,6H2,1H3/b7-5-,9-8+. The van der Waals surface area contributed by atoms with Crippen molar-refractivity contribution < 1.29 is 4.74 Å². The molecule has 0 heterocycles. The molecule has 1 aliphatic rings. The molecule has 0 fully saturated rings. The molecule has 1 rings (SSSR count). The molecule has 56 valence electrons. The first-order chi connectivity index (χ1) is 4.93. The van der Waals surface area contributed by atoms with Gasteiger partial charge in [-0.25, -0.2) is 0 Å². The van der Waals surface area contributed by atoms with E-state index in [1.807, 2.05) is 0 Å². The van der Waals surface area contributed by atoms with Gasteiger partial charge in [0.25, 0.3) is 0 Å². The second-order valence-corrected chi connectivity index (χ2v) is 2.50. The minimum Gasteiger partial charge on any atom is -0.497 e. The van der Waals surface area contributed by atoms with Crippen LogP contribution >= 0.6 is 0 Å². The van der Waals surface area contributed by atoms with Crippen LogP contribution in [0, 0.1) is 0 Å². The predicted molar refractivity (Wildman–Crippen MR) is 42.7 cm³/mol. The molecule has 0 aromatic rings. The van der Waals surface area contributed by atoms with Crippen molar-refractivity contribution in [1.82, 2.24) is 0 Å². The SMILES string of the molecule is COC1=C/CCCC/C=C\1. The molecule has 0 saturated carbocycles. The summed E-state index contributed by atoms with van der Waals surface area (Å²) in [6.07, 6.45) is 11.3. The normalized spacial score (nSPS) is 27.5. The Hall–Kier alpha value is -0.720. The molecule has 1 heteroatoms. The fourth-order valence-corrected chi connectivity index (χ4v) is 1.07. The van der Waals surface area contributed by atoms with Gasteiger partial charge >= 0.3 is 0 Å². The molecule has 0 saturated heterocycles. The van der Waals surface area contributed by atoms with Crippen molar-refractivity contribution in [2.45, 2.75) is 25.7 Å². The van der Waals surface area contributed by atoms with Crippen LogP contribution in [0.1, 0.15) is 25.7 Å². The first-order valence-corrected chi connectivity index (χ1v) is 3.84. The van der Waals surface area contributed by atoms with Crippen molar-refractivity contribution >= 4 is 0 Å². The Balaban J connectivity index is 2.50. The summed E-state index contributed by atoms with van der Waals surface area (Å²) >= 11 is 0. The molecule has 1 aliphatic carbocycles. The van der Waals surface area contributed by atoms with E-state index in [-0.39, 0.29) is 0 Å². The van der Waals surface area contributed by atoms with E-state index in [4.69, 9.17) is 4.74 Å². The second-order valence-electron chi connectivity index (χ2n) is 2.50. The van der Waals surface area contributed by atoms with E-state index in [1.165, 1.54) is 19.3 Å². The zero-order valence-corrected chi connectivity index (χ0v) is 6.47. The highest BCUT2D eigenvalue weighted by Gasteiger charge is 1.93. The first kappa shape index (κ1) is 7.39. The van der Waals surface area contributed by atoms with E-state index < -0.39 is 0 Å². The topological polar surface area (TPSA) is 9.23 Å². The molecule has 0 aromatic carbocycles. The van der Waals surface area contributed by atoms with Gasteiger partial charge in [-0.15, -0.1) is 0 Å². The Morgan fingerprint density at radius 2 is 2.10 bits per heavy atom. The van der Waals surface area contributed by atoms with E-state index in [2.05, 4.69) is 18.2 Å². The molecular weight excluding hydrogens is 124 g/mol. The third kappa shape index (κ3) is 2.26. The van der Waals surface area contributed by atoms with Crippen LogP contribution in [-0.4, -0.2) is 7.11 Å². The highest BCUT2D eigenvalue weighted by Crippen LogP contribution is 2.10. The van der Waals surface area contributed by atoms with Gasteiger partial charge in [-0.2, -0.15) is 0 Å². The van der Waals surface area contributed by atoms with Crippen molar-refractivity contribution in [2.75, 3.05) is 7.11 Å². The lowest BCUT2D eigenvalue weighted by molar-refractivity contribution is 0.304. The van der Waals surface area contributed by atoms with E-state index in [0.717, 1.165) is 12.2 Å². The highest BCUT2D eigenvalue weighted by molar-refractivity contribution is 5.12. The summed E-state index contributed by atoms with van der Waals surface area (Å²) in [7, 11) is 1.72. The van der Waals surface area contributed by atoms with Gasteiger partial charge in [0.15, 0.2) is 0 Å². The fourth-order valence-electron chi connectivity index (χ4n) is 1.07. The van der Waals surface area contributed by atoms with E-state index >= 15 is 0 Å². The Morgan fingerprint density at radius 1 is 1.30 bits per heavy atom. The Morgan fingerprint density at radius 3 is 2.90 bits per heavy atom. The molecule has 0 aromatic heterocycles. The third-order valence-corrected chi connectivity index (χ3v) is 1.69. The fraction of sp³-hybridized carbons (Fsp3) is 0.556. The van der Waals surface area contributed by atoms with Gasteiger partial charge in [-0.1, -0.05) is 6.08 Å². The predicted octanol–water partition coefficient (Wildman–Crippen LogP) is 2.65. The minimum absolute atomic E-state index is 1.01.